The summed E-state index contributed by atoms with van der Waals surface area (Å²) in [6.07, 6.45) is 21.2. The molecule has 0 fully saturated rings. The van der Waals surface area contributed by atoms with Crippen LogP contribution < -0.4 is 27.8 Å². The van der Waals surface area contributed by atoms with Gasteiger partial charge in [-0.3, -0.25) is 0 Å². The maximum absolute atomic E-state index is 10.8. The van der Waals surface area contributed by atoms with Crippen LogP contribution in [0.5, 0.6) is 0 Å². The Morgan fingerprint density at radius 1 is 0.759 bits per heavy atom. The van der Waals surface area contributed by atoms with Gasteiger partial charge >= 0.3 is 0 Å². The molecule has 0 saturated heterocycles. The molecule has 0 aliphatic carbocycles. The number of aliphatic carboxylic acids is 2. The van der Waals surface area contributed by atoms with Gasteiger partial charge in [0.2, 0.25) is 0 Å². The Labute approximate surface area is 177 Å². The second-order valence-corrected chi connectivity index (χ2v) is 7.34. The van der Waals surface area contributed by atoms with Crippen molar-refractivity contribution >= 4 is 11.9 Å². The van der Waals surface area contributed by atoms with E-state index in [1.54, 1.807) is 0 Å². The number of unbranched alkanes of at least 4 members (excludes halogenated alkanes) is 12. The zero-order valence-electron chi connectivity index (χ0n) is 19.2. The predicted octanol–water partition coefficient (Wildman–Crippen LogP) is 3.62. The van der Waals surface area contributed by atoms with Crippen molar-refractivity contribution in [1.82, 2.24) is 17.6 Å². The third-order valence-electron chi connectivity index (χ3n) is 4.73. The van der Waals surface area contributed by atoms with Gasteiger partial charge < -0.3 is 37.4 Å². The summed E-state index contributed by atoms with van der Waals surface area (Å²) in [4.78, 5) is 21.2. The predicted molar refractivity (Wildman–Crippen MR) is 118 cm³/mol. The first kappa shape index (κ1) is 32.2. The summed E-state index contributed by atoms with van der Waals surface area (Å²) in [5.74, 6) is -2.76. The Hall–Kier alpha value is -1.44. The lowest BCUT2D eigenvalue weighted by atomic mass is 10.1. The van der Waals surface area contributed by atoms with Gasteiger partial charge in [0.1, 0.15) is 0 Å². The van der Waals surface area contributed by atoms with Crippen molar-refractivity contribution in [2.24, 2.45) is 0 Å². The van der Waals surface area contributed by atoms with Crippen LogP contribution in [-0.2, 0) is 9.59 Å². The average Bonchev–Trinajstić information content (AvgIpc) is 2.62. The highest BCUT2D eigenvalue weighted by atomic mass is 16.4. The minimum absolute atomic E-state index is 0. The van der Waals surface area contributed by atoms with E-state index >= 15 is 0 Å². The van der Waals surface area contributed by atoms with Crippen molar-refractivity contribution in [3.63, 3.8) is 0 Å². The summed E-state index contributed by atoms with van der Waals surface area (Å²) in [7, 11) is 0. The average molecular weight is 418 g/mol. The number of nitrogens with one attached hydrogen (secondary N) is 1. The number of rotatable bonds is 20. The molecule has 9 N–H and O–H groups in total. The fraction of sp³-hybridized carbons (Fsp3) is 0.818. The van der Waals surface area contributed by atoms with E-state index < -0.39 is 24.4 Å². The van der Waals surface area contributed by atoms with Gasteiger partial charge in [0.25, 0.3) is 0 Å². The van der Waals surface area contributed by atoms with Crippen LogP contribution in [0.3, 0.4) is 0 Å². The number of carbonyl (C=O) groups excluding carboxylic acids is 2. The van der Waals surface area contributed by atoms with E-state index in [0.29, 0.717) is 6.54 Å². The van der Waals surface area contributed by atoms with Gasteiger partial charge in [-0.2, -0.15) is 0 Å². The standard InChI is InChI=1S/C22H41NO4.2H3N/c1-2-3-4-5-6-7-8-9-10-11-12-13-14-15-16-17-18-23-20(22(26)27)19-21(24)25;;/h9-10,20,23H,2-8,11-19H2,1H3,(H,24,25)(H,26,27);2*1H3/b10-9-;;/t20-;;/m0../s1. The number of hydrogen-bond acceptors (Lipinski definition) is 5. The Balaban J connectivity index is -0.00000338. The normalized spacial score (nSPS) is 11.6. The quantitative estimate of drug-likeness (QED) is 0.203. The molecular formula is C22H47N3O4. The fourth-order valence-corrected chi connectivity index (χ4v) is 3.05. The molecule has 0 aromatic heterocycles. The van der Waals surface area contributed by atoms with Crippen LogP contribution in [-0.4, -0.2) is 24.5 Å². The number of carbonyl (C=O) groups is 2. The van der Waals surface area contributed by atoms with Gasteiger partial charge in [0.05, 0.1) is 12.0 Å². The third kappa shape index (κ3) is 24.5. The Bertz CT molecular complexity index is 404. The topological polar surface area (TPSA) is 165 Å². The highest BCUT2D eigenvalue weighted by molar-refractivity contribution is 5.78. The van der Waals surface area contributed by atoms with E-state index in [1.807, 2.05) is 0 Å². The maximum Gasteiger partial charge on any atom is 0.0588 e. The van der Waals surface area contributed by atoms with Crippen LogP contribution >= 0.6 is 0 Å². The molecule has 174 valence electrons. The Kier molecular flexibility index (Phi) is 27.3. The molecule has 0 spiro atoms. The summed E-state index contributed by atoms with van der Waals surface area (Å²) in [6.45, 7) is 2.74. The molecular weight excluding hydrogens is 370 g/mol. The number of carboxylic acid groups (broad SMARTS) is 2. The summed E-state index contributed by atoms with van der Waals surface area (Å²) >= 11 is 0. The lowest BCUT2D eigenvalue weighted by Crippen LogP contribution is -2.48. The zero-order valence-corrected chi connectivity index (χ0v) is 19.2. The number of quaternary nitrogens is 2. The monoisotopic (exact) mass is 417 g/mol. The molecule has 0 rings (SSSR count). The summed E-state index contributed by atoms with van der Waals surface area (Å²) in [5.41, 5.74) is 0. The summed E-state index contributed by atoms with van der Waals surface area (Å²) < 4.78 is 0. The number of allylic oxidation sites excluding steroid dienone is 2. The first-order valence-corrected chi connectivity index (χ1v) is 10.9. The minimum atomic E-state index is -1.39. The molecule has 7 nitrogen and oxygen atoms in total. The van der Waals surface area contributed by atoms with Crippen molar-refractivity contribution in [3.05, 3.63) is 12.2 Å². The van der Waals surface area contributed by atoms with Crippen LogP contribution in [0.25, 0.3) is 0 Å². The van der Waals surface area contributed by atoms with E-state index in [4.69, 9.17) is 0 Å². The SMILES string of the molecule is CCCCCCCC/C=C\CCCCCCCCN[C@@H](CC(=O)[O-])C(=O)[O-].[NH4+].[NH4+]. The maximum atomic E-state index is 10.8. The second kappa shape index (κ2) is 24.6. The third-order valence-corrected chi connectivity index (χ3v) is 4.73. The molecule has 0 saturated carbocycles. The minimum Gasteiger partial charge on any atom is -0.550 e. The molecule has 0 aliphatic rings. The van der Waals surface area contributed by atoms with Crippen LogP contribution in [0, 0.1) is 0 Å². The molecule has 0 heterocycles. The molecule has 0 amide bonds. The summed E-state index contributed by atoms with van der Waals surface area (Å²) in [5, 5.41) is 23.9. The van der Waals surface area contributed by atoms with Crippen molar-refractivity contribution < 1.29 is 19.8 Å². The van der Waals surface area contributed by atoms with Crippen molar-refractivity contribution in [1.29, 1.82) is 0 Å². The molecule has 7 heteroatoms. The Morgan fingerprint density at radius 2 is 1.21 bits per heavy atom. The zero-order chi connectivity index (χ0) is 20.2. The van der Waals surface area contributed by atoms with Crippen LogP contribution in [0.15, 0.2) is 12.2 Å². The van der Waals surface area contributed by atoms with E-state index in [-0.39, 0.29) is 12.3 Å². The molecule has 0 bridgehead atoms. The largest absolute Gasteiger partial charge is 0.550 e. The second-order valence-electron chi connectivity index (χ2n) is 7.34. The number of carboxylic acids is 2. The molecule has 0 aliphatic heterocycles. The molecule has 29 heavy (non-hydrogen) atoms. The van der Waals surface area contributed by atoms with Gasteiger partial charge in [-0.1, -0.05) is 76.9 Å². The van der Waals surface area contributed by atoms with E-state index in [1.165, 1.54) is 64.2 Å². The highest BCUT2D eigenvalue weighted by Crippen LogP contribution is 2.09. The molecule has 0 unspecified atom stereocenters. The van der Waals surface area contributed by atoms with Crippen molar-refractivity contribution in [2.75, 3.05) is 6.54 Å². The van der Waals surface area contributed by atoms with Gasteiger partial charge in [-0.05, 0) is 38.6 Å². The molecule has 0 aromatic rings. The lowest BCUT2D eigenvalue weighted by molar-refractivity contribution is -0.317. The lowest BCUT2D eigenvalue weighted by Gasteiger charge is -2.20. The van der Waals surface area contributed by atoms with Crippen LogP contribution in [0.1, 0.15) is 103 Å². The first-order chi connectivity index (χ1) is 13.1. The molecule has 1 atom stereocenters. The van der Waals surface area contributed by atoms with Crippen LogP contribution in [0.2, 0.25) is 0 Å². The van der Waals surface area contributed by atoms with Gasteiger partial charge in [-0.15, -0.1) is 0 Å². The van der Waals surface area contributed by atoms with Crippen molar-refractivity contribution in [2.45, 2.75) is 109 Å². The van der Waals surface area contributed by atoms with Crippen molar-refractivity contribution in [3.8, 4) is 0 Å². The Morgan fingerprint density at radius 3 is 1.66 bits per heavy atom. The van der Waals surface area contributed by atoms with Gasteiger partial charge in [0.15, 0.2) is 0 Å². The fourth-order valence-electron chi connectivity index (χ4n) is 3.05. The smallest absolute Gasteiger partial charge is 0.0588 e. The molecule has 0 aromatic carbocycles. The van der Waals surface area contributed by atoms with E-state index in [0.717, 1.165) is 25.7 Å². The molecule has 0 radical (unpaired) electrons. The highest BCUT2D eigenvalue weighted by Gasteiger charge is 2.08. The van der Waals surface area contributed by atoms with E-state index in [2.05, 4.69) is 24.4 Å². The van der Waals surface area contributed by atoms with Gasteiger partial charge in [-0.25, -0.2) is 0 Å². The summed E-state index contributed by atoms with van der Waals surface area (Å²) in [6, 6.07) is -1.15. The van der Waals surface area contributed by atoms with E-state index in [9.17, 15) is 19.8 Å². The number of hydrogen-bond donors (Lipinski definition) is 3. The first-order valence-electron chi connectivity index (χ1n) is 10.9. The van der Waals surface area contributed by atoms with Gasteiger partial charge in [0, 0.05) is 12.4 Å². The van der Waals surface area contributed by atoms with Crippen LogP contribution in [0.4, 0.5) is 0 Å².